The Hall–Kier alpha value is -1.65. The van der Waals surface area contributed by atoms with E-state index in [1.54, 1.807) is 0 Å². The average Bonchev–Trinajstić information content (AvgIpc) is 2.03. The Morgan fingerprint density at radius 3 is 2.75 bits per heavy atom. The smallest absolute Gasteiger partial charge is 0.167 e. The van der Waals surface area contributed by atoms with Crippen molar-refractivity contribution in [3.63, 3.8) is 0 Å². The van der Waals surface area contributed by atoms with E-state index in [-0.39, 0.29) is 17.2 Å². The van der Waals surface area contributed by atoms with Crippen molar-refractivity contribution in [2.45, 2.75) is 6.92 Å². The van der Waals surface area contributed by atoms with Crippen LogP contribution in [0.25, 0.3) is 0 Å². The molecule has 0 amide bonds. The summed E-state index contributed by atoms with van der Waals surface area (Å²) in [5.41, 5.74) is 5.71. The number of rotatable bonds is 2. The number of aromatic nitrogens is 2. The maximum absolute atomic E-state index is 11.0. The number of Topliss-reactive ketones (excluding diaryl/α,β-unsaturated/α-hetero) is 1. The van der Waals surface area contributed by atoms with Crippen molar-refractivity contribution in [1.82, 2.24) is 10.2 Å². The Labute approximate surface area is 69.5 Å². The summed E-state index contributed by atoms with van der Waals surface area (Å²) in [6.45, 7) is 1.40. The number of nitrogens with two attached hydrogens (primary N) is 1. The monoisotopic (exact) mass is 167 g/mol. The Kier molecular flexibility index (Phi) is 2.23. The normalized spacial score (nSPS) is 9.50. The van der Waals surface area contributed by atoms with Gasteiger partial charge in [0.15, 0.2) is 17.4 Å². The van der Waals surface area contributed by atoms with Crippen molar-refractivity contribution >= 4 is 11.6 Å². The highest BCUT2D eigenvalue weighted by Gasteiger charge is 2.12. The zero-order chi connectivity index (χ0) is 9.14. The molecule has 0 saturated carbocycles. The van der Waals surface area contributed by atoms with Crippen LogP contribution in [0.5, 0.6) is 5.75 Å². The van der Waals surface area contributed by atoms with Gasteiger partial charge in [-0.3, -0.25) is 4.79 Å². The molecule has 1 aromatic rings. The molecule has 0 radical (unpaired) electrons. The molecule has 1 heterocycles. The summed E-state index contributed by atoms with van der Waals surface area (Å²) in [6.07, 6.45) is 1.35. The molecule has 5 nitrogen and oxygen atoms in total. The fourth-order valence-electron chi connectivity index (χ4n) is 0.893. The summed E-state index contributed by atoms with van der Waals surface area (Å²) in [5, 5.41) is 7.08. The van der Waals surface area contributed by atoms with Crippen molar-refractivity contribution in [1.29, 1.82) is 0 Å². The molecule has 0 spiro atoms. The largest absolute Gasteiger partial charge is 0.494 e. The Balaban J connectivity index is 3.29. The summed E-state index contributed by atoms with van der Waals surface area (Å²) >= 11 is 0. The number of nitrogens with zero attached hydrogens (tertiary/aromatic N) is 2. The van der Waals surface area contributed by atoms with Gasteiger partial charge in [0.05, 0.1) is 13.3 Å². The summed E-state index contributed by atoms with van der Waals surface area (Å²) in [5.74, 6) is 0.274. The predicted molar refractivity (Wildman–Crippen MR) is 43.0 cm³/mol. The van der Waals surface area contributed by atoms with Gasteiger partial charge in [-0.15, -0.1) is 5.10 Å². The van der Waals surface area contributed by atoms with Crippen molar-refractivity contribution in [2.75, 3.05) is 12.8 Å². The number of nitrogen functional groups attached to an aromatic ring is 1. The third kappa shape index (κ3) is 1.34. The van der Waals surface area contributed by atoms with Gasteiger partial charge in [0.2, 0.25) is 0 Å². The molecular weight excluding hydrogens is 158 g/mol. The maximum Gasteiger partial charge on any atom is 0.167 e. The van der Waals surface area contributed by atoms with E-state index >= 15 is 0 Å². The highest BCUT2D eigenvalue weighted by atomic mass is 16.5. The molecule has 0 aliphatic rings. The van der Waals surface area contributed by atoms with E-state index in [4.69, 9.17) is 10.5 Å². The minimum absolute atomic E-state index is 0.0989. The quantitative estimate of drug-likeness (QED) is 0.639. The second kappa shape index (κ2) is 3.17. The Morgan fingerprint density at radius 2 is 2.33 bits per heavy atom. The first-order chi connectivity index (χ1) is 5.66. The lowest BCUT2D eigenvalue weighted by Crippen LogP contribution is -2.06. The molecule has 0 fully saturated rings. The molecule has 0 bridgehead atoms. The molecule has 0 atom stereocenters. The third-order valence-corrected chi connectivity index (χ3v) is 1.41. The van der Waals surface area contributed by atoms with Crippen LogP contribution in [0, 0.1) is 0 Å². The van der Waals surface area contributed by atoms with Gasteiger partial charge in [-0.1, -0.05) is 0 Å². The Morgan fingerprint density at radius 1 is 1.67 bits per heavy atom. The van der Waals surface area contributed by atoms with E-state index in [9.17, 15) is 4.79 Å². The summed E-state index contributed by atoms with van der Waals surface area (Å²) < 4.78 is 4.88. The second-order valence-electron chi connectivity index (χ2n) is 2.23. The topological polar surface area (TPSA) is 78.1 Å². The van der Waals surface area contributed by atoms with E-state index in [2.05, 4.69) is 10.2 Å². The number of hydrogen-bond donors (Lipinski definition) is 1. The Bertz CT molecular complexity index is 312. The van der Waals surface area contributed by atoms with Crippen molar-refractivity contribution < 1.29 is 9.53 Å². The van der Waals surface area contributed by atoms with Crippen LogP contribution < -0.4 is 10.5 Å². The van der Waals surface area contributed by atoms with Crippen LogP contribution in [0.1, 0.15) is 17.3 Å². The third-order valence-electron chi connectivity index (χ3n) is 1.41. The molecule has 5 heteroatoms. The molecule has 0 aliphatic heterocycles. The molecule has 1 aromatic heterocycles. The molecular formula is C7H9N3O2. The zero-order valence-electron chi connectivity index (χ0n) is 6.87. The first kappa shape index (κ1) is 8.45. The summed E-state index contributed by atoms with van der Waals surface area (Å²) in [7, 11) is 1.45. The number of methoxy groups -OCH3 is 1. The molecule has 0 saturated heterocycles. The van der Waals surface area contributed by atoms with Crippen LogP contribution in [0.4, 0.5) is 5.82 Å². The van der Waals surface area contributed by atoms with Gasteiger partial charge in [0, 0.05) is 0 Å². The van der Waals surface area contributed by atoms with E-state index in [0.717, 1.165) is 0 Å². The van der Waals surface area contributed by atoms with Gasteiger partial charge in [0.25, 0.3) is 0 Å². The van der Waals surface area contributed by atoms with Crippen molar-refractivity contribution in [3.05, 3.63) is 11.8 Å². The van der Waals surface area contributed by atoms with E-state index in [1.165, 1.54) is 20.2 Å². The van der Waals surface area contributed by atoms with Crippen LogP contribution >= 0.6 is 0 Å². The SMILES string of the molecule is COc1cnnc(N)c1C(C)=O. The van der Waals surface area contributed by atoms with Gasteiger partial charge in [-0.25, -0.2) is 0 Å². The molecule has 0 aliphatic carbocycles. The number of ketones is 1. The number of anilines is 1. The highest BCUT2D eigenvalue weighted by molar-refractivity contribution is 6.00. The minimum atomic E-state index is -0.181. The van der Waals surface area contributed by atoms with Crippen LogP contribution in [-0.4, -0.2) is 23.1 Å². The standard InChI is InChI=1S/C7H9N3O2/c1-4(11)6-5(12-2)3-9-10-7(6)8/h3H,1-2H3,(H2,8,10). The number of ether oxygens (including phenoxy) is 1. The van der Waals surface area contributed by atoms with Gasteiger partial charge in [-0.05, 0) is 6.92 Å². The first-order valence-electron chi connectivity index (χ1n) is 3.33. The number of hydrogen-bond acceptors (Lipinski definition) is 5. The van der Waals surface area contributed by atoms with Crippen LogP contribution in [0.2, 0.25) is 0 Å². The second-order valence-corrected chi connectivity index (χ2v) is 2.23. The lowest BCUT2D eigenvalue weighted by Gasteiger charge is -2.04. The van der Waals surface area contributed by atoms with Gasteiger partial charge in [-0.2, -0.15) is 5.10 Å². The van der Waals surface area contributed by atoms with Crippen LogP contribution in [-0.2, 0) is 0 Å². The van der Waals surface area contributed by atoms with Crippen LogP contribution in [0.15, 0.2) is 6.20 Å². The fraction of sp³-hybridized carbons (Fsp3) is 0.286. The molecule has 2 N–H and O–H groups in total. The average molecular weight is 167 g/mol. The highest BCUT2D eigenvalue weighted by Crippen LogP contribution is 2.20. The molecule has 12 heavy (non-hydrogen) atoms. The number of carbonyl (C=O) groups excluding carboxylic acids is 1. The van der Waals surface area contributed by atoms with Crippen LogP contribution in [0.3, 0.4) is 0 Å². The van der Waals surface area contributed by atoms with Crippen molar-refractivity contribution in [3.8, 4) is 5.75 Å². The van der Waals surface area contributed by atoms with E-state index in [1.807, 2.05) is 0 Å². The lowest BCUT2D eigenvalue weighted by molar-refractivity contribution is 0.101. The van der Waals surface area contributed by atoms with Gasteiger partial charge >= 0.3 is 0 Å². The minimum Gasteiger partial charge on any atom is -0.494 e. The molecule has 1 rings (SSSR count). The fourth-order valence-corrected chi connectivity index (χ4v) is 0.893. The van der Waals surface area contributed by atoms with Gasteiger partial charge in [0.1, 0.15) is 5.56 Å². The molecule has 0 unspecified atom stereocenters. The van der Waals surface area contributed by atoms with E-state index in [0.29, 0.717) is 5.75 Å². The first-order valence-corrected chi connectivity index (χ1v) is 3.33. The summed E-state index contributed by atoms with van der Waals surface area (Å²) in [4.78, 5) is 11.0. The van der Waals surface area contributed by atoms with Crippen molar-refractivity contribution in [2.24, 2.45) is 0 Å². The molecule has 64 valence electrons. The number of carbonyl (C=O) groups is 1. The van der Waals surface area contributed by atoms with E-state index < -0.39 is 0 Å². The molecule has 0 aromatic carbocycles. The zero-order valence-corrected chi connectivity index (χ0v) is 6.87. The lowest BCUT2D eigenvalue weighted by atomic mass is 10.2. The van der Waals surface area contributed by atoms with Gasteiger partial charge < -0.3 is 10.5 Å². The predicted octanol–water partition coefficient (Wildman–Crippen LogP) is 0.270. The maximum atomic E-state index is 11.0. The summed E-state index contributed by atoms with van der Waals surface area (Å²) in [6, 6.07) is 0.